The number of carbonyl (C=O) groups excluding carboxylic acids is 1. The number of carbonyl (C=O) groups is 1. The van der Waals surface area contributed by atoms with E-state index in [9.17, 15) is 4.79 Å². The molecule has 1 aromatic carbocycles. The first kappa shape index (κ1) is 22.9. The fourth-order valence-corrected chi connectivity index (χ4v) is 2.46. The zero-order valence-electron chi connectivity index (χ0n) is 15.9. The highest BCUT2D eigenvalue weighted by Gasteiger charge is 2.02. The molecular formula is C19H28IN5O2. The fourth-order valence-electron chi connectivity index (χ4n) is 2.46. The number of nitrogens with zero attached hydrogens (tertiary/aromatic N) is 3. The number of halogens is 1. The van der Waals surface area contributed by atoms with Crippen LogP contribution in [0.1, 0.15) is 25.3 Å². The molecule has 0 aliphatic rings. The number of nitrogens with one attached hydrogen (secondary N) is 2. The van der Waals surface area contributed by atoms with Crippen LogP contribution < -0.4 is 10.6 Å². The third kappa shape index (κ3) is 8.42. The van der Waals surface area contributed by atoms with E-state index in [0.29, 0.717) is 26.0 Å². The molecule has 2 aromatic rings. The van der Waals surface area contributed by atoms with Crippen LogP contribution in [0.4, 0.5) is 0 Å². The summed E-state index contributed by atoms with van der Waals surface area (Å²) in [5.74, 6) is 0.581. The van der Waals surface area contributed by atoms with Crippen molar-refractivity contribution in [3.63, 3.8) is 0 Å². The molecule has 0 aliphatic heterocycles. The Labute approximate surface area is 177 Å². The number of rotatable bonds is 9. The van der Waals surface area contributed by atoms with Gasteiger partial charge in [-0.3, -0.25) is 9.79 Å². The van der Waals surface area contributed by atoms with Gasteiger partial charge in [-0.25, -0.2) is 4.68 Å². The van der Waals surface area contributed by atoms with Crippen molar-refractivity contribution in [1.29, 1.82) is 0 Å². The highest BCUT2D eigenvalue weighted by molar-refractivity contribution is 14.0. The van der Waals surface area contributed by atoms with Crippen molar-refractivity contribution in [3.05, 3.63) is 48.3 Å². The van der Waals surface area contributed by atoms with E-state index in [1.807, 2.05) is 23.9 Å². The molecule has 7 nitrogen and oxygen atoms in total. The summed E-state index contributed by atoms with van der Waals surface area (Å²) in [6.07, 6.45) is 5.72. The van der Waals surface area contributed by atoms with Crippen LogP contribution in [-0.4, -0.2) is 48.5 Å². The van der Waals surface area contributed by atoms with Crippen molar-refractivity contribution in [3.8, 4) is 5.69 Å². The Morgan fingerprint density at radius 3 is 2.59 bits per heavy atom. The quantitative estimate of drug-likeness (QED) is 0.188. The minimum atomic E-state index is -0.157. The van der Waals surface area contributed by atoms with Gasteiger partial charge in [0, 0.05) is 39.0 Å². The van der Waals surface area contributed by atoms with Crippen LogP contribution in [0.25, 0.3) is 5.69 Å². The summed E-state index contributed by atoms with van der Waals surface area (Å²) in [4.78, 5) is 15.5. The molecule has 0 saturated heterocycles. The van der Waals surface area contributed by atoms with E-state index in [1.165, 1.54) is 5.56 Å². The third-order valence-corrected chi connectivity index (χ3v) is 3.79. The number of guanidine groups is 1. The van der Waals surface area contributed by atoms with Crippen molar-refractivity contribution < 1.29 is 9.53 Å². The van der Waals surface area contributed by atoms with Crippen LogP contribution in [0.3, 0.4) is 0 Å². The van der Waals surface area contributed by atoms with Crippen molar-refractivity contribution in [2.45, 2.75) is 26.2 Å². The molecular weight excluding hydrogens is 457 g/mol. The van der Waals surface area contributed by atoms with Gasteiger partial charge in [0.15, 0.2) is 5.96 Å². The second kappa shape index (κ2) is 13.1. The second-order valence-corrected chi connectivity index (χ2v) is 5.70. The molecule has 0 bridgehead atoms. The molecule has 2 N–H and O–H groups in total. The number of aliphatic imine (C=N–C) groups is 1. The number of hydrogen-bond donors (Lipinski definition) is 2. The molecule has 148 valence electrons. The van der Waals surface area contributed by atoms with Crippen LogP contribution >= 0.6 is 24.0 Å². The summed E-state index contributed by atoms with van der Waals surface area (Å²) < 4.78 is 6.74. The highest BCUT2D eigenvalue weighted by atomic mass is 127. The standard InChI is InChI=1S/C19H27N5O2.HI/c1-3-26-18(25)6-4-12-21-19(20-2)22-14-11-16-7-9-17(10-8-16)24-15-5-13-23-24;/h5,7-10,13,15H,3-4,6,11-12,14H2,1-2H3,(H2,20,21,22);1H. The van der Waals surface area contributed by atoms with Gasteiger partial charge in [-0.05, 0) is 43.5 Å². The maximum Gasteiger partial charge on any atom is 0.305 e. The summed E-state index contributed by atoms with van der Waals surface area (Å²) in [7, 11) is 1.74. The topological polar surface area (TPSA) is 80.5 Å². The molecule has 0 amide bonds. The highest BCUT2D eigenvalue weighted by Crippen LogP contribution is 2.08. The molecule has 0 spiro atoms. The third-order valence-electron chi connectivity index (χ3n) is 3.79. The van der Waals surface area contributed by atoms with Gasteiger partial charge in [0.2, 0.25) is 0 Å². The van der Waals surface area contributed by atoms with Crippen molar-refractivity contribution >= 4 is 35.9 Å². The number of esters is 1. The van der Waals surface area contributed by atoms with Gasteiger partial charge in [-0.2, -0.15) is 5.10 Å². The Kier molecular flexibility index (Phi) is 11.2. The summed E-state index contributed by atoms with van der Waals surface area (Å²) in [6, 6.07) is 10.2. The number of aromatic nitrogens is 2. The molecule has 1 heterocycles. The van der Waals surface area contributed by atoms with E-state index < -0.39 is 0 Å². The van der Waals surface area contributed by atoms with Crippen LogP contribution in [-0.2, 0) is 16.0 Å². The first-order valence-electron chi connectivity index (χ1n) is 8.92. The zero-order chi connectivity index (χ0) is 18.6. The smallest absolute Gasteiger partial charge is 0.305 e. The molecule has 0 fully saturated rings. The van der Waals surface area contributed by atoms with E-state index in [2.05, 4.69) is 45.0 Å². The van der Waals surface area contributed by atoms with Gasteiger partial charge < -0.3 is 15.4 Å². The molecule has 1 aromatic heterocycles. The Bertz CT molecular complexity index is 687. The lowest BCUT2D eigenvalue weighted by atomic mass is 10.1. The van der Waals surface area contributed by atoms with Gasteiger partial charge in [-0.15, -0.1) is 24.0 Å². The van der Waals surface area contributed by atoms with Gasteiger partial charge in [0.25, 0.3) is 0 Å². The van der Waals surface area contributed by atoms with E-state index in [4.69, 9.17) is 4.74 Å². The Morgan fingerprint density at radius 2 is 1.96 bits per heavy atom. The molecule has 0 aliphatic carbocycles. The van der Waals surface area contributed by atoms with E-state index in [1.54, 1.807) is 13.2 Å². The van der Waals surface area contributed by atoms with E-state index >= 15 is 0 Å². The van der Waals surface area contributed by atoms with Crippen molar-refractivity contribution in [2.24, 2.45) is 4.99 Å². The van der Waals surface area contributed by atoms with Gasteiger partial charge in [0.1, 0.15) is 0 Å². The summed E-state index contributed by atoms with van der Waals surface area (Å²) in [5.41, 5.74) is 2.29. The summed E-state index contributed by atoms with van der Waals surface area (Å²) >= 11 is 0. The van der Waals surface area contributed by atoms with Gasteiger partial charge in [-0.1, -0.05) is 12.1 Å². The molecule has 0 saturated carbocycles. The molecule has 0 unspecified atom stereocenters. The first-order chi connectivity index (χ1) is 12.7. The minimum absolute atomic E-state index is 0. The molecule has 0 radical (unpaired) electrons. The summed E-state index contributed by atoms with van der Waals surface area (Å²) in [6.45, 7) is 3.70. The lowest BCUT2D eigenvalue weighted by Gasteiger charge is -2.12. The summed E-state index contributed by atoms with van der Waals surface area (Å²) in [5, 5.41) is 10.7. The average Bonchev–Trinajstić information content (AvgIpc) is 3.19. The Balaban J connectivity index is 0.00000364. The normalized spacial score (nSPS) is 10.8. The van der Waals surface area contributed by atoms with Crippen LogP contribution in [0.15, 0.2) is 47.7 Å². The predicted molar refractivity (Wildman–Crippen MR) is 118 cm³/mol. The largest absolute Gasteiger partial charge is 0.466 e. The lowest BCUT2D eigenvalue weighted by Crippen LogP contribution is -2.38. The lowest BCUT2D eigenvalue weighted by molar-refractivity contribution is -0.143. The molecule has 0 atom stereocenters. The number of hydrogen-bond acceptors (Lipinski definition) is 4. The first-order valence-corrected chi connectivity index (χ1v) is 8.92. The maximum absolute atomic E-state index is 11.3. The van der Waals surface area contributed by atoms with Gasteiger partial charge in [0.05, 0.1) is 12.3 Å². The number of benzene rings is 1. The molecule has 8 heteroatoms. The maximum atomic E-state index is 11.3. The minimum Gasteiger partial charge on any atom is -0.466 e. The molecule has 2 rings (SSSR count). The number of ether oxygens (including phenoxy) is 1. The van der Waals surface area contributed by atoms with Gasteiger partial charge >= 0.3 is 5.97 Å². The monoisotopic (exact) mass is 485 g/mol. The van der Waals surface area contributed by atoms with E-state index in [-0.39, 0.29) is 29.9 Å². The second-order valence-electron chi connectivity index (χ2n) is 5.70. The fraction of sp³-hybridized carbons (Fsp3) is 0.421. The average molecular weight is 485 g/mol. The van der Waals surface area contributed by atoms with Crippen LogP contribution in [0.2, 0.25) is 0 Å². The van der Waals surface area contributed by atoms with Crippen molar-refractivity contribution in [1.82, 2.24) is 20.4 Å². The van der Waals surface area contributed by atoms with E-state index in [0.717, 1.165) is 24.6 Å². The SMILES string of the molecule is CCOC(=O)CCCNC(=NC)NCCc1ccc(-n2cccn2)cc1.I. The van der Waals surface area contributed by atoms with Crippen LogP contribution in [0, 0.1) is 0 Å². The zero-order valence-corrected chi connectivity index (χ0v) is 18.2. The molecule has 27 heavy (non-hydrogen) atoms. The van der Waals surface area contributed by atoms with Crippen molar-refractivity contribution in [2.75, 3.05) is 26.7 Å². The Morgan fingerprint density at radius 1 is 1.22 bits per heavy atom. The van der Waals surface area contributed by atoms with Crippen LogP contribution in [0.5, 0.6) is 0 Å². The Hall–Kier alpha value is -2.10. The predicted octanol–water partition coefficient (Wildman–Crippen LogP) is 2.54.